The Bertz CT molecular complexity index is 728. The smallest absolute Gasteiger partial charge is 0.0485 e. The minimum absolute atomic E-state index is 0.289. The predicted molar refractivity (Wildman–Crippen MR) is 94.6 cm³/mol. The monoisotopic (exact) mass is 296 g/mol. The number of hydrogen-bond acceptors (Lipinski definition) is 3. The van der Waals surface area contributed by atoms with E-state index in [9.17, 15) is 0 Å². The van der Waals surface area contributed by atoms with Gasteiger partial charge in [-0.25, -0.2) is 0 Å². The van der Waals surface area contributed by atoms with Crippen molar-refractivity contribution in [3.63, 3.8) is 0 Å². The lowest BCUT2D eigenvalue weighted by molar-refractivity contribution is 0.884. The molecule has 0 saturated carbocycles. The van der Waals surface area contributed by atoms with Crippen LogP contribution in [0, 0.1) is 0 Å². The molecule has 108 valence electrons. The first-order valence-electron chi connectivity index (χ1n) is 7.14. The van der Waals surface area contributed by atoms with Crippen molar-refractivity contribution in [2.75, 3.05) is 24.3 Å². The first kappa shape index (κ1) is 14.0. The molecule has 1 unspecified atom stereocenters. The first-order chi connectivity index (χ1) is 10.1. The van der Waals surface area contributed by atoms with Gasteiger partial charge < -0.3 is 10.2 Å². The third-order valence-electron chi connectivity index (χ3n) is 3.75. The molecule has 2 nitrogen and oxygen atoms in total. The van der Waals surface area contributed by atoms with Gasteiger partial charge in [-0.3, -0.25) is 0 Å². The maximum Gasteiger partial charge on any atom is 0.0485 e. The van der Waals surface area contributed by atoms with Crippen LogP contribution < -0.4 is 10.2 Å². The van der Waals surface area contributed by atoms with Gasteiger partial charge in [0.15, 0.2) is 0 Å². The number of nitrogens with one attached hydrogen (secondary N) is 1. The van der Waals surface area contributed by atoms with E-state index in [-0.39, 0.29) is 6.04 Å². The molecular formula is C18H20N2S. The number of hydrogen-bond donors (Lipinski definition) is 1. The Morgan fingerprint density at radius 1 is 1.00 bits per heavy atom. The van der Waals surface area contributed by atoms with Crippen LogP contribution in [-0.2, 0) is 0 Å². The fraction of sp³-hybridized carbons (Fsp3) is 0.222. The van der Waals surface area contributed by atoms with Gasteiger partial charge in [0.05, 0.1) is 0 Å². The zero-order valence-corrected chi connectivity index (χ0v) is 13.4. The average molecular weight is 296 g/mol. The molecule has 1 N–H and O–H groups in total. The van der Waals surface area contributed by atoms with Gasteiger partial charge in [0.2, 0.25) is 0 Å². The van der Waals surface area contributed by atoms with Crippen molar-refractivity contribution >= 4 is 32.8 Å². The van der Waals surface area contributed by atoms with E-state index in [1.165, 1.54) is 27.0 Å². The molecule has 0 bridgehead atoms. The van der Waals surface area contributed by atoms with E-state index in [4.69, 9.17) is 0 Å². The Morgan fingerprint density at radius 2 is 1.76 bits per heavy atom. The van der Waals surface area contributed by atoms with E-state index < -0.39 is 0 Å². The highest BCUT2D eigenvalue weighted by Crippen LogP contribution is 2.27. The zero-order chi connectivity index (χ0) is 14.8. The molecule has 21 heavy (non-hydrogen) atoms. The normalized spacial score (nSPS) is 12.3. The Morgan fingerprint density at radius 3 is 2.48 bits per heavy atom. The SMILES string of the molecule is CC(Nc1ccc2sccc2c1)c1ccc(N(C)C)cc1. The summed E-state index contributed by atoms with van der Waals surface area (Å²) in [5.74, 6) is 0. The average Bonchev–Trinajstić information content (AvgIpc) is 2.95. The summed E-state index contributed by atoms with van der Waals surface area (Å²) in [6.07, 6.45) is 0. The van der Waals surface area contributed by atoms with Gasteiger partial charge in [0, 0.05) is 36.2 Å². The van der Waals surface area contributed by atoms with Crippen LogP contribution in [0.5, 0.6) is 0 Å². The molecule has 0 aliphatic carbocycles. The van der Waals surface area contributed by atoms with Crippen molar-refractivity contribution in [3.05, 3.63) is 59.5 Å². The summed E-state index contributed by atoms with van der Waals surface area (Å²) in [7, 11) is 4.12. The molecule has 0 aliphatic heterocycles. The van der Waals surface area contributed by atoms with E-state index in [0.29, 0.717) is 0 Å². The molecular weight excluding hydrogens is 276 g/mol. The number of anilines is 2. The highest BCUT2D eigenvalue weighted by Gasteiger charge is 2.06. The second kappa shape index (κ2) is 5.78. The molecule has 1 aromatic heterocycles. The molecule has 1 heterocycles. The van der Waals surface area contributed by atoms with Crippen LogP contribution in [0.4, 0.5) is 11.4 Å². The van der Waals surface area contributed by atoms with Crippen LogP contribution in [0.1, 0.15) is 18.5 Å². The van der Waals surface area contributed by atoms with Crippen LogP contribution in [0.15, 0.2) is 53.9 Å². The fourth-order valence-electron chi connectivity index (χ4n) is 2.45. The van der Waals surface area contributed by atoms with Crippen molar-refractivity contribution < 1.29 is 0 Å². The highest BCUT2D eigenvalue weighted by atomic mass is 32.1. The number of rotatable bonds is 4. The van der Waals surface area contributed by atoms with Crippen LogP contribution >= 0.6 is 11.3 Å². The maximum atomic E-state index is 3.58. The zero-order valence-electron chi connectivity index (χ0n) is 12.6. The van der Waals surface area contributed by atoms with Gasteiger partial charge in [0.25, 0.3) is 0 Å². The van der Waals surface area contributed by atoms with Gasteiger partial charge >= 0.3 is 0 Å². The molecule has 0 radical (unpaired) electrons. The lowest BCUT2D eigenvalue weighted by atomic mass is 10.1. The quantitative estimate of drug-likeness (QED) is 0.717. The van der Waals surface area contributed by atoms with Crippen LogP contribution in [0.2, 0.25) is 0 Å². The van der Waals surface area contributed by atoms with E-state index in [1.807, 2.05) is 0 Å². The van der Waals surface area contributed by atoms with Gasteiger partial charge in [-0.2, -0.15) is 0 Å². The molecule has 0 spiro atoms. The molecule has 0 fully saturated rings. The molecule has 0 aliphatic rings. The van der Waals surface area contributed by atoms with Crippen molar-refractivity contribution in [2.45, 2.75) is 13.0 Å². The minimum Gasteiger partial charge on any atom is -0.379 e. The summed E-state index contributed by atoms with van der Waals surface area (Å²) in [4.78, 5) is 2.12. The predicted octanol–water partition coefficient (Wildman–Crippen LogP) is 5.14. The highest BCUT2D eigenvalue weighted by molar-refractivity contribution is 7.17. The molecule has 3 heteroatoms. The first-order valence-corrected chi connectivity index (χ1v) is 8.02. The van der Waals surface area contributed by atoms with Crippen molar-refractivity contribution in [1.82, 2.24) is 0 Å². The maximum absolute atomic E-state index is 3.58. The summed E-state index contributed by atoms with van der Waals surface area (Å²) in [6.45, 7) is 2.20. The van der Waals surface area contributed by atoms with Crippen LogP contribution in [-0.4, -0.2) is 14.1 Å². The van der Waals surface area contributed by atoms with Crippen LogP contribution in [0.25, 0.3) is 10.1 Å². The fourth-order valence-corrected chi connectivity index (χ4v) is 3.22. The summed E-state index contributed by atoms with van der Waals surface area (Å²) >= 11 is 1.78. The standard InChI is InChI=1S/C18H20N2S/c1-13(14-4-7-17(8-5-14)20(2)3)19-16-6-9-18-15(12-16)10-11-21-18/h4-13,19H,1-3H3. The van der Waals surface area contributed by atoms with Crippen LogP contribution in [0.3, 0.4) is 0 Å². The number of benzene rings is 2. The van der Waals surface area contributed by atoms with Crippen molar-refractivity contribution in [2.24, 2.45) is 0 Å². The third-order valence-corrected chi connectivity index (χ3v) is 4.64. The largest absolute Gasteiger partial charge is 0.379 e. The topological polar surface area (TPSA) is 15.3 Å². The molecule has 0 amide bonds. The number of thiophene rings is 1. The second-order valence-corrected chi connectivity index (χ2v) is 6.47. The Balaban J connectivity index is 1.76. The lowest BCUT2D eigenvalue weighted by Gasteiger charge is -2.18. The number of nitrogens with zero attached hydrogens (tertiary/aromatic N) is 1. The number of fused-ring (bicyclic) bond motifs is 1. The summed E-state index contributed by atoms with van der Waals surface area (Å²) in [5.41, 5.74) is 3.70. The summed E-state index contributed by atoms with van der Waals surface area (Å²) < 4.78 is 1.34. The van der Waals surface area contributed by atoms with Gasteiger partial charge in [-0.05, 0) is 59.7 Å². The Hall–Kier alpha value is -2.00. The molecule has 0 saturated heterocycles. The molecule has 1 atom stereocenters. The summed E-state index contributed by atoms with van der Waals surface area (Å²) in [5, 5.41) is 7.02. The van der Waals surface area contributed by atoms with Gasteiger partial charge in [-0.15, -0.1) is 11.3 Å². The molecule has 2 aromatic carbocycles. The Labute approximate surface area is 130 Å². The summed E-state index contributed by atoms with van der Waals surface area (Å²) in [6, 6.07) is 17.7. The van der Waals surface area contributed by atoms with Gasteiger partial charge in [0.1, 0.15) is 0 Å². The molecule has 3 rings (SSSR count). The molecule has 3 aromatic rings. The van der Waals surface area contributed by atoms with Crippen molar-refractivity contribution in [1.29, 1.82) is 0 Å². The van der Waals surface area contributed by atoms with E-state index >= 15 is 0 Å². The Kier molecular flexibility index (Phi) is 3.84. The third kappa shape index (κ3) is 3.03. The second-order valence-electron chi connectivity index (χ2n) is 5.53. The van der Waals surface area contributed by atoms with E-state index in [0.717, 1.165) is 0 Å². The lowest BCUT2D eigenvalue weighted by Crippen LogP contribution is -2.10. The van der Waals surface area contributed by atoms with E-state index in [2.05, 4.69) is 85.1 Å². The van der Waals surface area contributed by atoms with E-state index in [1.54, 1.807) is 11.3 Å². The van der Waals surface area contributed by atoms with Gasteiger partial charge in [-0.1, -0.05) is 12.1 Å². The minimum atomic E-state index is 0.289. The van der Waals surface area contributed by atoms with Crippen molar-refractivity contribution in [3.8, 4) is 0 Å².